The molecule has 3 heteroatoms. The highest BCUT2D eigenvalue weighted by molar-refractivity contribution is 5.33. The number of aryl methyl sites for hydroxylation is 1. The molecule has 0 bridgehead atoms. The number of likely N-dealkylation sites (tertiary alicyclic amines) is 1. The summed E-state index contributed by atoms with van der Waals surface area (Å²) in [7, 11) is 0. The Morgan fingerprint density at radius 1 is 0.833 bits per heavy atom. The maximum Gasteiger partial charge on any atom is 0.0879 e. The number of hydrogen-bond donors (Lipinski definition) is 1. The van der Waals surface area contributed by atoms with Crippen molar-refractivity contribution in [3.8, 4) is 0 Å². The van der Waals surface area contributed by atoms with Gasteiger partial charge in [0.25, 0.3) is 0 Å². The number of nitrogens with zero attached hydrogens (tertiary/aromatic N) is 1. The van der Waals surface area contributed by atoms with Gasteiger partial charge in [0, 0.05) is 25.6 Å². The van der Waals surface area contributed by atoms with Gasteiger partial charge in [-0.25, -0.2) is 0 Å². The van der Waals surface area contributed by atoms with Crippen LogP contribution >= 0.6 is 0 Å². The van der Waals surface area contributed by atoms with Crippen molar-refractivity contribution in [3.63, 3.8) is 0 Å². The fourth-order valence-corrected chi connectivity index (χ4v) is 4.36. The Labute approximate surface area is 179 Å². The van der Waals surface area contributed by atoms with E-state index in [4.69, 9.17) is 4.74 Å². The molecule has 30 heavy (non-hydrogen) atoms. The molecule has 3 nitrogen and oxygen atoms in total. The number of hydrogen-bond acceptors (Lipinski definition) is 3. The minimum Gasteiger partial charge on any atom is -0.395 e. The summed E-state index contributed by atoms with van der Waals surface area (Å²) in [6.45, 7) is 2.65. The molecule has 1 aliphatic heterocycles. The summed E-state index contributed by atoms with van der Waals surface area (Å²) in [5, 5.41) is 9.99. The van der Waals surface area contributed by atoms with E-state index in [1.807, 2.05) is 6.07 Å². The van der Waals surface area contributed by atoms with Gasteiger partial charge in [-0.05, 0) is 29.5 Å². The van der Waals surface area contributed by atoms with Crippen molar-refractivity contribution in [1.29, 1.82) is 0 Å². The van der Waals surface area contributed by atoms with Crippen LogP contribution in [-0.2, 0) is 11.2 Å². The lowest BCUT2D eigenvalue weighted by Gasteiger charge is -2.48. The van der Waals surface area contributed by atoms with Crippen LogP contribution in [0.4, 0.5) is 0 Å². The minimum atomic E-state index is 0.0802. The quantitative estimate of drug-likeness (QED) is 0.507. The third-order valence-electron chi connectivity index (χ3n) is 6.11. The molecule has 0 spiro atoms. The van der Waals surface area contributed by atoms with Gasteiger partial charge in [0.05, 0.1) is 18.8 Å². The first-order valence-electron chi connectivity index (χ1n) is 11.0. The van der Waals surface area contributed by atoms with E-state index in [-0.39, 0.29) is 18.8 Å². The third-order valence-corrected chi connectivity index (χ3v) is 6.11. The van der Waals surface area contributed by atoms with E-state index in [0.29, 0.717) is 5.92 Å². The monoisotopic (exact) mass is 401 g/mol. The first-order valence-corrected chi connectivity index (χ1v) is 11.0. The van der Waals surface area contributed by atoms with Gasteiger partial charge >= 0.3 is 0 Å². The topological polar surface area (TPSA) is 32.7 Å². The van der Waals surface area contributed by atoms with Crippen LogP contribution in [0.2, 0.25) is 0 Å². The zero-order valence-electron chi connectivity index (χ0n) is 17.4. The first-order chi connectivity index (χ1) is 14.8. The van der Waals surface area contributed by atoms with Crippen LogP contribution in [0, 0.1) is 0 Å². The molecule has 4 rings (SSSR count). The van der Waals surface area contributed by atoms with Gasteiger partial charge in [0.15, 0.2) is 0 Å². The molecule has 0 aromatic heterocycles. The molecule has 1 N–H and O–H groups in total. The standard InChI is InChI=1S/C27H31NO2/c29-21-26-27(30-18-10-13-22-11-4-1-5-12-22)20-28(26)19-25(23-14-6-2-7-15-23)24-16-8-3-9-17-24/h1-9,11-12,14-17,25-27,29H,10,13,18-21H2/t26-,27+/m0/s1. The van der Waals surface area contributed by atoms with Crippen molar-refractivity contribution < 1.29 is 9.84 Å². The molecule has 2 atom stereocenters. The van der Waals surface area contributed by atoms with E-state index in [9.17, 15) is 5.11 Å². The number of benzene rings is 3. The van der Waals surface area contributed by atoms with Crippen molar-refractivity contribution in [3.05, 3.63) is 108 Å². The summed E-state index contributed by atoms with van der Waals surface area (Å²) in [5.74, 6) is 0.292. The number of aliphatic hydroxyl groups is 1. The fraction of sp³-hybridized carbons (Fsp3) is 0.333. The number of aliphatic hydroxyl groups excluding tert-OH is 1. The Hall–Kier alpha value is -2.46. The summed E-state index contributed by atoms with van der Waals surface area (Å²) < 4.78 is 6.12. The molecule has 1 aliphatic rings. The summed E-state index contributed by atoms with van der Waals surface area (Å²) in [5.41, 5.74) is 3.98. The lowest BCUT2D eigenvalue weighted by molar-refractivity contribution is -0.119. The molecule has 0 aliphatic carbocycles. The van der Waals surface area contributed by atoms with Crippen molar-refractivity contribution in [2.24, 2.45) is 0 Å². The SMILES string of the molecule is OC[C@H]1[C@H](OCCCc2ccccc2)CN1CC(c1ccccc1)c1ccccc1. The summed E-state index contributed by atoms with van der Waals surface area (Å²) >= 11 is 0. The zero-order chi connectivity index (χ0) is 20.6. The summed E-state index contributed by atoms with van der Waals surface area (Å²) in [6, 6.07) is 31.9. The third kappa shape index (κ3) is 5.17. The van der Waals surface area contributed by atoms with E-state index < -0.39 is 0 Å². The molecule has 3 aromatic carbocycles. The molecule has 156 valence electrons. The van der Waals surface area contributed by atoms with Crippen molar-refractivity contribution in [2.75, 3.05) is 26.3 Å². The lowest BCUT2D eigenvalue weighted by atomic mass is 9.88. The first kappa shape index (κ1) is 20.8. The van der Waals surface area contributed by atoms with E-state index in [0.717, 1.165) is 32.5 Å². The van der Waals surface area contributed by atoms with E-state index in [2.05, 4.69) is 89.8 Å². The maximum absolute atomic E-state index is 9.99. The molecular weight excluding hydrogens is 370 g/mol. The molecular formula is C27H31NO2. The second-order valence-electron chi connectivity index (χ2n) is 8.08. The molecule has 1 fully saturated rings. The Morgan fingerprint density at radius 2 is 1.40 bits per heavy atom. The molecule has 0 unspecified atom stereocenters. The number of ether oxygens (including phenoxy) is 1. The normalized spacial score (nSPS) is 19.0. The van der Waals surface area contributed by atoms with Gasteiger partial charge in [0.1, 0.15) is 0 Å². The second-order valence-corrected chi connectivity index (χ2v) is 8.08. The van der Waals surface area contributed by atoms with Gasteiger partial charge in [-0.2, -0.15) is 0 Å². The highest BCUT2D eigenvalue weighted by atomic mass is 16.5. The average Bonchev–Trinajstić information content (AvgIpc) is 2.80. The van der Waals surface area contributed by atoms with Crippen LogP contribution < -0.4 is 0 Å². The van der Waals surface area contributed by atoms with Crippen LogP contribution in [0.5, 0.6) is 0 Å². The Morgan fingerprint density at radius 3 is 1.97 bits per heavy atom. The zero-order valence-corrected chi connectivity index (χ0v) is 17.4. The van der Waals surface area contributed by atoms with Crippen LogP contribution in [0.15, 0.2) is 91.0 Å². The van der Waals surface area contributed by atoms with Gasteiger partial charge < -0.3 is 9.84 Å². The Bertz CT molecular complexity index is 830. The molecule has 1 saturated heterocycles. The molecule has 0 saturated carbocycles. The molecule has 0 amide bonds. The van der Waals surface area contributed by atoms with E-state index in [1.54, 1.807) is 0 Å². The Balaban J connectivity index is 1.32. The Kier molecular flexibility index (Phi) is 7.30. The minimum absolute atomic E-state index is 0.0802. The van der Waals surface area contributed by atoms with Crippen molar-refractivity contribution in [2.45, 2.75) is 30.9 Å². The highest BCUT2D eigenvalue weighted by Gasteiger charge is 2.40. The second kappa shape index (κ2) is 10.5. The number of rotatable bonds is 10. The van der Waals surface area contributed by atoms with Crippen LogP contribution in [-0.4, -0.2) is 48.5 Å². The predicted octanol–water partition coefficient (Wildman–Crippen LogP) is 4.51. The van der Waals surface area contributed by atoms with E-state index >= 15 is 0 Å². The fourth-order valence-electron chi connectivity index (χ4n) is 4.36. The smallest absolute Gasteiger partial charge is 0.0879 e. The predicted molar refractivity (Wildman–Crippen MR) is 122 cm³/mol. The van der Waals surface area contributed by atoms with Crippen LogP contribution in [0.25, 0.3) is 0 Å². The average molecular weight is 402 g/mol. The van der Waals surface area contributed by atoms with Crippen molar-refractivity contribution in [1.82, 2.24) is 4.90 Å². The maximum atomic E-state index is 9.99. The van der Waals surface area contributed by atoms with Gasteiger partial charge in [-0.3, -0.25) is 4.90 Å². The largest absolute Gasteiger partial charge is 0.395 e. The van der Waals surface area contributed by atoms with Crippen molar-refractivity contribution >= 4 is 0 Å². The molecule has 1 heterocycles. The summed E-state index contributed by atoms with van der Waals surface area (Å²) in [6.07, 6.45) is 2.17. The van der Waals surface area contributed by atoms with Crippen LogP contribution in [0.1, 0.15) is 29.0 Å². The highest BCUT2D eigenvalue weighted by Crippen LogP contribution is 2.30. The van der Waals surface area contributed by atoms with Gasteiger partial charge in [-0.15, -0.1) is 0 Å². The lowest BCUT2D eigenvalue weighted by Crippen LogP contribution is -2.63. The van der Waals surface area contributed by atoms with Gasteiger partial charge in [-0.1, -0.05) is 91.0 Å². The van der Waals surface area contributed by atoms with E-state index in [1.165, 1.54) is 16.7 Å². The molecule has 3 aromatic rings. The summed E-state index contributed by atoms with van der Waals surface area (Å²) in [4.78, 5) is 2.37. The van der Waals surface area contributed by atoms with Gasteiger partial charge in [0.2, 0.25) is 0 Å². The molecule has 0 radical (unpaired) electrons. The van der Waals surface area contributed by atoms with Crippen LogP contribution in [0.3, 0.4) is 0 Å².